The SMILES string of the molecule is CN(CCc1ccccn1)S(=O)(=O)c1cccc(NC(=O)Oc2cnn(-c3ccc(Cl)cc3)c2C(F)(F)F)c1. The van der Waals surface area contributed by atoms with E-state index in [1.54, 1.807) is 24.4 Å². The van der Waals surface area contributed by atoms with Gasteiger partial charge in [-0.15, -0.1) is 0 Å². The van der Waals surface area contributed by atoms with Crippen LogP contribution in [0, 0.1) is 0 Å². The maximum atomic E-state index is 13.8. The lowest BCUT2D eigenvalue weighted by molar-refractivity contribution is -0.143. The summed E-state index contributed by atoms with van der Waals surface area (Å²) in [4.78, 5) is 16.5. The number of aromatic nitrogens is 3. The van der Waals surface area contributed by atoms with Crippen LogP contribution < -0.4 is 10.1 Å². The Labute approximate surface area is 226 Å². The Hall–Kier alpha value is -3.94. The number of likely N-dealkylation sites (N-methyl/N-ethyl adjacent to an activating group) is 1. The minimum atomic E-state index is -4.92. The summed E-state index contributed by atoms with van der Waals surface area (Å²) in [5.41, 5.74) is -0.550. The van der Waals surface area contributed by atoms with Crippen molar-refractivity contribution in [3.63, 3.8) is 0 Å². The smallest absolute Gasteiger partial charge is 0.406 e. The number of ether oxygens (including phenoxy) is 1. The Bertz CT molecular complexity index is 1560. The van der Waals surface area contributed by atoms with Crippen molar-refractivity contribution in [2.45, 2.75) is 17.5 Å². The van der Waals surface area contributed by atoms with E-state index in [1.807, 2.05) is 0 Å². The molecular formula is C25H21ClF3N5O4S. The molecule has 2 aromatic carbocycles. The standard InChI is InChI=1S/C25H21ClF3N5O4S/c1-33(14-12-18-5-2-3-13-30-18)39(36,37)21-7-4-6-19(15-21)32-24(35)38-22-16-31-34(23(22)25(27,28)29)20-10-8-17(26)9-11-20/h2-11,13,15-16H,12,14H2,1H3,(H,32,35). The summed E-state index contributed by atoms with van der Waals surface area (Å²) in [5.74, 6) is -0.840. The highest BCUT2D eigenvalue weighted by Gasteiger charge is 2.40. The molecule has 0 saturated heterocycles. The van der Waals surface area contributed by atoms with Crippen LogP contribution in [0.3, 0.4) is 0 Å². The van der Waals surface area contributed by atoms with E-state index in [2.05, 4.69) is 15.4 Å². The van der Waals surface area contributed by atoms with Crippen LogP contribution in [0.25, 0.3) is 5.69 Å². The van der Waals surface area contributed by atoms with Gasteiger partial charge < -0.3 is 4.74 Å². The predicted molar refractivity (Wildman–Crippen MR) is 137 cm³/mol. The van der Waals surface area contributed by atoms with E-state index in [9.17, 15) is 26.4 Å². The number of sulfonamides is 1. The zero-order valence-electron chi connectivity index (χ0n) is 20.3. The number of hydrogen-bond donors (Lipinski definition) is 1. The van der Waals surface area contributed by atoms with Crippen LogP contribution in [0.5, 0.6) is 5.75 Å². The van der Waals surface area contributed by atoms with Gasteiger partial charge in [-0.05, 0) is 54.6 Å². The van der Waals surface area contributed by atoms with Gasteiger partial charge in [0, 0.05) is 42.6 Å². The molecule has 0 unspecified atom stereocenters. The predicted octanol–water partition coefficient (Wildman–Crippen LogP) is 5.41. The zero-order chi connectivity index (χ0) is 28.2. The largest absolute Gasteiger partial charge is 0.437 e. The second-order valence-electron chi connectivity index (χ2n) is 8.18. The molecule has 4 aromatic rings. The highest BCUT2D eigenvalue weighted by atomic mass is 35.5. The van der Waals surface area contributed by atoms with Crippen LogP contribution in [0.1, 0.15) is 11.4 Å². The van der Waals surface area contributed by atoms with Gasteiger partial charge >= 0.3 is 12.3 Å². The maximum absolute atomic E-state index is 13.8. The molecule has 0 saturated carbocycles. The lowest BCUT2D eigenvalue weighted by atomic mass is 10.3. The molecule has 1 amide bonds. The van der Waals surface area contributed by atoms with Crippen molar-refractivity contribution in [1.82, 2.24) is 19.1 Å². The van der Waals surface area contributed by atoms with E-state index in [4.69, 9.17) is 16.3 Å². The summed E-state index contributed by atoms with van der Waals surface area (Å²) >= 11 is 5.81. The second-order valence-corrected chi connectivity index (χ2v) is 10.7. The van der Waals surface area contributed by atoms with E-state index in [-0.39, 0.29) is 22.8 Å². The minimum Gasteiger partial charge on any atom is -0.406 e. The van der Waals surface area contributed by atoms with Crippen molar-refractivity contribution in [1.29, 1.82) is 0 Å². The van der Waals surface area contributed by atoms with E-state index in [0.29, 0.717) is 16.1 Å². The number of alkyl halides is 3. The van der Waals surface area contributed by atoms with Gasteiger partial charge in [0.1, 0.15) is 0 Å². The molecule has 0 fully saturated rings. The summed E-state index contributed by atoms with van der Waals surface area (Å²) in [6, 6.07) is 16.0. The highest BCUT2D eigenvalue weighted by Crippen LogP contribution is 2.38. The summed E-state index contributed by atoms with van der Waals surface area (Å²) in [6.45, 7) is 0.150. The van der Waals surface area contributed by atoms with Gasteiger partial charge in [0.25, 0.3) is 0 Å². The van der Waals surface area contributed by atoms with Crippen molar-refractivity contribution in [3.8, 4) is 11.4 Å². The number of pyridine rings is 1. The molecule has 1 N–H and O–H groups in total. The second kappa shape index (κ2) is 11.4. The van der Waals surface area contributed by atoms with Crippen molar-refractivity contribution in [2.24, 2.45) is 0 Å². The monoisotopic (exact) mass is 579 g/mol. The highest BCUT2D eigenvalue weighted by molar-refractivity contribution is 7.89. The summed E-state index contributed by atoms with van der Waals surface area (Å²) < 4.78 is 74.2. The Morgan fingerprint density at radius 1 is 1.10 bits per heavy atom. The van der Waals surface area contributed by atoms with Gasteiger partial charge in [-0.2, -0.15) is 18.3 Å². The average Bonchev–Trinajstić information content (AvgIpc) is 3.32. The van der Waals surface area contributed by atoms with Crippen LogP contribution in [0.2, 0.25) is 5.02 Å². The number of carbonyl (C=O) groups is 1. The molecule has 14 heteroatoms. The summed E-state index contributed by atoms with van der Waals surface area (Å²) in [5, 5.41) is 6.28. The lowest BCUT2D eigenvalue weighted by Gasteiger charge is -2.17. The maximum Gasteiger partial charge on any atom is 0.437 e. The third kappa shape index (κ3) is 6.74. The molecule has 0 radical (unpaired) electrons. The number of rotatable bonds is 8. The zero-order valence-corrected chi connectivity index (χ0v) is 21.8. The van der Waals surface area contributed by atoms with E-state index in [0.717, 1.165) is 16.2 Å². The van der Waals surface area contributed by atoms with Crippen molar-refractivity contribution in [2.75, 3.05) is 18.9 Å². The number of benzene rings is 2. The molecular weight excluding hydrogens is 559 g/mol. The van der Waals surface area contributed by atoms with Crippen LogP contribution in [-0.4, -0.2) is 47.2 Å². The van der Waals surface area contributed by atoms with Crippen LogP contribution in [0.15, 0.2) is 84.0 Å². The van der Waals surface area contributed by atoms with Crippen molar-refractivity contribution >= 4 is 33.4 Å². The fourth-order valence-electron chi connectivity index (χ4n) is 3.54. The van der Waals surface area contributed by atoms with Crippen LogP contribution in [-0.2, 0) is 22.6 Å². The topological polar surface area (TPSA) is 106 Å². The molecule has 9 nitrogen and oxygen atoms in total. The lowest BCUT2D eigenvalue weighted by Crippen LogP contribution is -2.29. The van der Waals surface area contributed by atoms with Gasteiger partial charge in [0.05, 0.1) is 16.8 Å². The van der Waals surface area contributed by atoms with Gasteiger partial charge in [-0.1, -0.05) is 23.7 Å². The molecule has 4 rings (SSSR count). The van der Waals surface area contributed by atoms with Crippen molar-refractivity contribution in [3.05, 3.63) is 95.5 Å². The number of nitrogens with one attached hydrogen (secondary N) is 1. The van der Waals surface area contributed by atoms with Gasteiger partial charge in [-0.3, -0.25) is 10.3 Å². The van der Waals surface area contributed by atoms with E-state index in [1.165, 1.54) is 55.6 Å². The third-order valence-electron chi connectivity index (χ3n) is 5.48. The van der Waals surface area contributed by atoms with Gasteiger partial charge in [0.15, 0.2) is 11.4 Å². The Morgan fingerprint density at radius 2 is 1.85 bits per heavy atom. The van der Waals surface area contributed by atoms with Gasteiger partial charge in [-0.25, -0.2) is 22.2 Å². The molecule has 0 aliphatic carbocycles. The number of halogens is 4. The number of amides is 1. The molecule has 2 aromatic heterocycles. The molecule has 39 heavy (non-hydrogen) atoms. The average molecular weight is 580 g/mol. The number of anilines is 1. The molecule has 0 bridgehead atoms. The Morgan fingerprint density at radius 3 is 2.51 bits per heavy atom. The first-order valence-electron chi connectivity index (χ1n) is 11.3. The normalized spacial score (nSPS) is 11.9. The molecule has 0 aliphatic heterocycles. The molecule has 0 spiro atoms. The van der Waals surface area contributed by atoms with E-state index >= 15 is 0 Å². The number of nitrogens with zero attached hydrogens (tertiary/aromatic N) is 4. The van der Waals surface area contributed by atoms with E-state index < -0.39 is 33.7 Å². The first-order chi connectivity index (χ1) is 18.4. The Kier molecular flexibility index (Phi) is 8.23. The first-order valence-corrected chi connectivity index (χ1v) is 13.1. The van der Waals surface area contributed by atoms with Crippen molar-refractivity contribution < 1.29 is 31.1 Å². The van der Waals surface area contributed by atoms with Gasteiger partial charge in [0.2, 0.25) is 10.0 Å². The molecule has 2 heterocycles. The summed E-state index contributed by atoms with van der Waals surface area (Å²) in [6.07, 6.45) is -3.44. The first kappa shape index (κ1) is 28.1. The van der Waals surface area contributed by atoms with Crippen LogP contribution in [0.4, 0.5) is 23.7 Å². The molecule has 0 aliphatic rings. The quantitative estimate of drug-likeness (QED) is 0.299. The number of carbonyl (C=O) groups excluding carboxylic acids is 1. The molecule has 0 atom stereocenters. The third-order valence-corrected chi connectivity index (χ3v) is 7.58. The Balaban J connectivity index is 1.49. The molecule has 204 valence electrons. The van der Waals surface area contributed by atoms with Crippen LogP contribution >= 0.6 is 11.6 Å². The summed E-state index contributed by atoms with van der Waals surface area (Å²) in [7, 11) is -2.53. The number of hydrogen-bond acceptors (Lipinski definition) is 6. The fraction of sp³-hybridized carbons (Fsp3) is 0.160. The fourth-order valence-corrected chi connectivity index (χ4v) is 4.89. The minimum absolute atomic E-state index is 0.00199.